The molecule has 3 aromatic carbocycles. The molecule has 0 aromatic heterocycles. The van der Waals surface area contributed by atoms with Crippen molar-refractivity contribution in [3.8, 4) is 5.75 Å². The maximum absolute atomic E-state index is 13.3. The Morgan fingerprint density at radius 2 is 1.65 bits per heavy atom. The van der Waals surface area contributed by atoms with Crippen LogP contribution in [0.1, 0.15) is 6.92 Å². The number of nitrogens with zero attached hydrogens (tertiary/aromatic N) is 1. The lowest BCUT2D eigenvalue weighted by Crippen LogP contribution is -2.38. The molecule has 0 aliphatic rings. The van der Waals surface area contributed by atoms with Gasteiger partial charge in [-0.2, -0.15) is 0 Å². The van der Waals surface area contributed by atoms with Crippen molar-refractivity contribution < 1.29 is 17.9 Å². The Kier molecular flexibility index (Phi) is 7.43. The fraction of sp³-hybridized carbons (Fsp3) is 0.136. The van der Waals surface area contributed by atoms with Crippen LogP contribution in [0, 0.1) is 0 Å². The molecule has 0 saturated heterocycles. The highest BCUT2D eigenvalue weighted by Gasteiger charge is 2.27. The second kappa shape index (κ2) is 10.0. The Balaban J connectivity index is 1.93. The van der Waals surface area contributed by atoms with Gasteiger partial charge in [0.2, 0.25) is 5.91 Å². The van der Waals surface area contributed by atoms with Gasteiger partial charge in [0.1, 0.15) is 12.3 Å². The summed E-state index contributed by atoms with van der Waals surface area (Å²) < 4.78 is 33.1. The number of halogens is 2. The van der Waals surface area contributed by atoms with E-state index in [2.05, 4.69) is 5.32 Å². The van der Waals surface area contributed by atoms with E-state index in [9.17, 15) is 13.2 Å². The summed E-state index contributed by atoms with van der Waals surface area (Å²) >= 11 is 11.9. The summed E-state index contributed by atoms with van der Waals surface area (Å²) in [6, 6.07) is 18.8. The van der Waals surface area contributed by atoms with Crippen molar-refractivity contribution in [2.24, 2.45) is 0 Å². The van der Waals surface area contributed by atoms with Gasteiger partial charge in [0.15, 0.2) is 0 Å². The lowest BCUT2D eigenvalue weighted by molar-refractivity contribution is -0.114. The van der Waals surface area contributed by atoms with Gasteiger partial charge in [-0.3, -0.25) is 9.10 Å². The summed E-state index contributed by atoms with van der Waals surface area (Å²) in [6.45, 7) is 1.89. The molecule has 0 aliphatic carbocycles. The van der Waals surface area contributed by atoms with Crippen LogP contribution in [0.4, 0.5) is 11.4 Å². The van der Waals surface area contributed by atoms with Crippen LogP contribution in [0.3, 0.4) is 0 Å². The first kappa shape index (κ1) is 22.9. The summed E-state index contributed by atoms with van der Waals surface area (Å²) in [7, 11) is -4.04. The van der Waals surface area contributed by atoms with E-state index in [1.54, 1.807) is 48.5 Å². The van der Waals surface area contributed by atoms with Crippen LogP contribution in [-0.2, 0) is 14.8 Å². The van der Waals surface area contributed by atoms with Gasteiger partial charge >= 0.3 is 0 Å². The van der Waals surface area contributed by atoms with E-state index in [-0.39, 0.29) is 4.90 Å². The molecular formula is C22H20Cl2N2O4S. The summed E-state index contributed by atoms with van der Waals surface area (Å²) in [5.74, 6) is 0.0761. The van der Waals surface area contributed by atoms with Crippen molar-refractivity contribution >= 4 is 50.5 Å². The monoisotopic (exact) mass is 478 g/mol. The number of sulfonamides is 1. The van der Waals surface area contributed by atoms with Crippen LogP contribution in [0.15, 0.2) is 77.7 Å². The van der Waals surface area contributed by atoms with Crippen molar-refractivity contribution in [2.75, 3.05) is 22.8 Å². The van der Waals surface area contributed by atoms with E-state index in [4.69, 9.17) is 27.9 Å². The number of nitrogens with one attached hydrogen (secondary N) is 1. The smallest absolute Gasteiger partial charge is 0.264 e. The molecule has 0 atom stereocenters. The third-order valence-electron chi connectivity index (χ3n) is 4.23. The van der Waals surface area contributed by atoms with Crippen LogP contribution in [0.2, 0.25) is 10.0 Å². The molecule has 1 amide bonds. The average molecular weight is 479 g/mol. The molecule has 6 nitrogen and oxygen atoms in total. The Labute approximate surface area is 191 Å². The van der Waals surface area contributed by atoms with Crippen LogP contribution in [-0.4, -0.2) is 27.5 Å². The number of anilines is 2. The van der Waals surface area contributed by atoms with E-state index in [1.165, 1.54) is 24.3 Å². The first-order valence-corrected chi connectivity index (χ1v) is 11.6. The molecule has 1 N–H and O–H groups in total. The molecule has 0 spiro atoms. The molecule has 0 bridgehead atoms. The summed E-state index contributed by atoms with van der Waals surface area (Å²) in [5, 5.41) is 3.53. The van der Waals surface area contributed by atoms with Gasteiger partial charge in [-0.1, -0.05) is 29.3 Å². The minimum Gasteiger partial charge on any atom is -0.494 e. The number of hydrogen-bond acceptors (Lipinski definition) is 4. The maximum atomic E-state index is 13.3. The highest BCUT2D eigenvalue weighted by molar-refractivity contribution is 7.92. The number of carbonyl (C=O) groups is 1. The zero-order valence-electron chi connectivity index (χ0n) is 16.6. The molecule has 0 heterocycles. The van der Waals surface area contributed by atoms with Crippen molar-refractivity contribution in [1.29, 1.82) is 0 Å². The van der Waals surface area contributed by atoms with Crippen molar-refractivity contribution in [3.05, 3.63) is 82.8 Å². The van der Waals surface area contributed by atoms with Crippen LogP contribution < -0.4 is 14.4 Å². The van der Waals surface area contributed by atoms with Gasteiger partial charge < -0.3 is 10.1 Å². The van der Waals surface area contributed by atoms with Gasteiger partial charge in [-0.05, 0) is 73.7 Å². The van der Waals surface area contributed by atoms with E-state index in [1.807, 2.05) is 6.92 Å². The van der Waals surface area contributed by atoms with E-state index in [0.717, 1.165) is 4.31 Å². The Morgan fingerprint density at radius 1 is 0.968 bits per heavy atom. The SMILES string of the molecule is CCOc1ccc(N(CC(=O)Nc2cccc(Cl)c2)S(=O)(=O)c2ccc(Cl)cc2)cc1. The molecule has 31 heavy (non-hydrogen) atoms. The Morgan fingerprint density at radius 3 is 2.26 bits per heavy atom. The van der Waals surface area contributed by atoms with E-state index < -0.39 is 22.5 Å². The summed E-state index contributed by atoms with van der Waals surface area (Å²) in [5.41, 5.74) is 0.785. The number of rotatable bonds is 8. The van der Waals surface area contributed by atoms with Crippen LogP contribution in [0.25, 0.3) is 0 Å². The molecule has 162 valence electrons. The number of carbonyl (C=O) groups excluding carboxylic acids is 1. The van der Waals surface area contributed by atoms with Gasteiger partial charge in [-0.25, -0.2) is 8.42 Å². The fourth-order valence-electron chi connectivity index (χ4n) is 2.82. The summed E-state index contributed by atoms with van der Waals surface area (Å²) in [4.78, 5) is 12.7. The quantitative estimate of drug-likeness (QED) is 0.480. The van der Waals surface area contributed by atoms with Gasteiger partial charge in [-0.15, -0.1) is 0 Å². The third kappa shape index (κ3) is 5.91. The van der Waals surface area contributed by atoms with Gasteiger partial charge in [0.05, 0.1) is 17.2 Å². The highest BCUT2D eigenvalue weighted by atomic mass is 35.5. The highest BCUT2D eigenvalue weighted by Crippen LogP contribution is 2.27. The molecule has 3 aromatic rings. The predicted octanol–water partition coefficient (Wildman–Crippen LogP) is 5.23. The minimum absolute atomic E-state index is 0.0151. The Hall–Kier alpha value is -2.74. The fourth-order valence-corrected chi connectivity index (χ4v) is 4.56. The zero-order chi connectivity index (χ0) is 22.4. The standard InChI is InChI=1S/C22H20Cl2N2O4S/c1-2-30-20-10-8-19(9-11-20)26(31(28,29)21-12-6-16(23)7-13-21)15-22(27)25-18-5-3-4-17(24)14-18/h3-14H,2,15H2,1H3,(H,25,27). The number of hydrogen-bond donors (Lipinski definition) is 1. The Bertz CT molecular complexity index is 1150. The normalized spacial score (nSPS) is 11.1. The summed E-state index contributed by atoms with van der Waals surface area (Å²) in [6.07, 6.45) is 0. The molecular weight excluding hydrogens is 459 g/mol. The molecule has 0 unspecified atom stereocenters. The number of ether oxygens (including phenoxy) is 1. The van der Waals surface area contributed by atoms with Gasteiger partial charge in [0.25, 0.3) is 10.0 Å². The van der Waals surface area contributed by atoms with Crippen LogP contribution in [0.5, 0.6) is 5.75 Å². The molecule has 0 radical (unpaired) electrons. The lowest BCUT2D eigenvalue weighted by atomic mass is 10.3. The lowest BCUT2D eigenvalue weighted by Gasteiger charge is -2.24. The molecule has 0 fully saturated rings. The number of benzene rings is 3. The van der Waals surface area contributed by atoms with Crippen molar-refractivity contribution in [1.82, 2.24) is 0 Å². The average Bonchev–Trinajstić information content (AvgIpc) is 2.73. The predicted molar refractivity (Wildman–Crippen MR) is 124 cm³/mol. The van der Waals surface area contributed by atoms with Gasteiger partial charge in [0, 0.05) is 15.7 Å². The minimum atomic E-state index is -4.04. The second-order valence-corrected chi connectivity index (χ2v) is 9.19. The van der Waals surface area contributed by atoms with Crippen molar-refractivity contribution in [3.63, 3.8) is 0 Å². The molecule has 0 saturated carbocycles. The third-order valence-corrected chi connectivity index (χ3v) is 6.51. The first-order valence-electron chi connectivity index (χ1n) is 9.36. The molecule has 9 heteroatoms. The van der Waals surface area contributed by atoms with E-state index >= 15 is 0 Å². The van der Waals surface area contributed by atoms with Crippen LogP contribution >= 0.6 is 23.2 Å². The van der Waals surface area contributed by atoms with E-state index in [0.29, 0.717) is 33.8 Å². The topological polar surface area (TPSA) is 75.7 Å². The maximum Gasteiger partial charge on any atom is 0.264 e. The largest absolute Gasteiger partial charge is 0.494 e. The van der Waals surface area contributed by atoms with Crippen molar-refractivity contribution in [2.45, 2.75) is 11.8 Å². The molecule has 0 aliphatic heterocycles. The second-order valence-electron chi connectivity index (χ2n) is 6.45. The zero-order valence-corrected chi connectivity index (χ0v) is 18.9. The first-order chi connectivity index (χ1) is 14.8. The number of amides is 1. The molecule has 3 rings (SSSR count).